The second-order valence-electron chi connectivity index (χ2n) is 7.90. The van der Waals surface area contributed by atoms with Crippen LogP contribution < -0.4 is 15.4 Å². The van der Waals surface area contributed by atoms with E-state index < -0.39 is 17.8 Å². The Balaban J connectivity index is 1.40. The summed E-state index contributed by atoms with van der Waals surface area (Å²) in [5.74, 6) is -0.262. The van der Waals surface area contributed by atoms with Gasteiger partial charge in [0.15, 0.2) is 0 Å². The highest BCUT2D eigenvalue weighted by Gasteiger charge is 2.35. The Kier molecular flexibility index (Phi) is 7.81. The van der Waals surface area contributed by atoms with Crippen molar-refractivity contribution in [2.75, 3.05) is 11.9 Å². The van der Waals surface area contributed by atoms with Gasteiger partial charge in [-0.25, -0.2) is 9.69 Å². The Labute approximate surface area is 217 Å². The van der Waals surface area contributed by atoms with Crippen molar-refractivity contribution in [3.8, 4) is 5.75 Å². The summed E-state index contributed by atoms with van der Waals surface area (Å²) in [5, 5.41) is 5.34. The smallest absolute Gasteiger partial charge is 0.329 e. The molecule has 1 fully saturated rings. The summed E-state index contributed by atoms with van der Waals surface area (Å²) in [7, 11) is 0. The van der Waals surface area contributed by atoms with Crippen molar-refractivity contribution in [1.82, 2.24) is 10.2 Å². The lowest BCUT2D eigenvalue weighted by molar-refractivity contribution is -0.127. The van der Waals surface area contributed by atoms with Gasteiger partial charge in [0.2, 0.25) is 5.91 Å². The largest absolute Gasteiger partial charge is 0.488 e. The number of hydrogen-bond acceptors (Lipinski definition) is 4. The number of anilines is 1. The summed E-state index contributed by atoms with van der Waals surface area (Å²) in [6, 6.07) is 22.2. The van der Waals surface area contributed by atoms with E-state index >= 15 is 0 Å². The number of imide groups is 1. The van der Waals surface area contributed by atoms with E-state index in [4.69, 9.17) is 4.74 Å². The van der Waals surface area contributed by atoms with Gasteiger partial charge in [-0.15, -0.1) is 0 Å². The lowest BCUT2D eigenvalue weighted by Crippen LogP contribution is -2.38. The van der Waals surface area contributed by atoms with Gasteiger partial charge in [-0.1, -0.05) is 61.5 Å². The van der Waals surface area contributed by atoms with Gasteiger partial charge in [-0.05, 0) is 70.0 Å². The van der Waals surface area contributed by atoms with Crippen LogP contribution in [0.15, 0.2) is 78.5 Å². The van der Waals surface area contributed by atoms with Gasteiger partial charge in [0.1, 0.15) is 24.6 Å². The molecule has 0 spiro atoms. The number of halogens is 1. The molecule has 1 aliphatic heterocycles. The molecule has 2 N–H and O–H groups in total. The molecule has 3 aromatic carbocycles. The van der Waals surface area contributed by atoms with Gasteiger partial charge in [0, 0.05) is 5.69 Å². The van der Waals surface area contributed by atoms with Crippen molar-refractivity contribution in [3.05, 3.63) is 98.8 Å². The molecule has 0 aliphatic carbocycles. The van der Waals surface area contributed by atoms with Crippen LogP contribution in [0, 0.1) is 3.57 Å². The summed E-state index contributed by atoms with van der Waals surface area (Å²) in [4.78, 5) is 38.6. The molecule has 3 aromatic rings. The fourth-order valence-corrected chi connectivity index (χ4v) is 4.32. The first-order valence-corrected chi connectivity index (χ1v) is 12.2. The maximum Gasteiger partial charge on any atom is 0.329 e. The van der Waals surface area contributed by atoms with Gasteiger partial charge in [0.25, 0.3) is 5.91 Å². The second-order valence-corrected chi connectivity index (χ2v) is 9.06. The molecule has 0 unspecified atom stereocenters. The third kappa shape index (κ3) is 6.07. The SMILES string of the molecule is CCc1ccccc1NC(=O)CN1C(=O)N/C(=C/c2ccc(OCc3ccccc3)c(I)c2)C1=O. The van der Waals surface area contributed by atoms with E-state index in [2.05, 4.69) is 33.2 Å². The van der Waals surface area contributed by atoms with E-state index in [0.717, 1.165) is 37.3 Å². The molecule has 7 nitrogen and oxygen atoms in total. The highest BCUT2D eigenvalue weighted by Crippen LogP contribution is 2.25. The number of urea groups is 1. The van der Waals surface area contributed by atoms with Gasteiger partial charge >= 0.3 is 6.03 Å². The predicted molar refractivity (Wildman–Crippen MR) is 143 cm³/mol. The molecule has 0 radical (unpaired) electrons. The minimum absolute atomic E-state index is 0.116. The molecular formula is C27H24IN3O4. The number of hydrogen-bond donors (Lipinski definition) is 2. The Morgan fingerprint density at radius 1 is 1.06 bits per heavy atom. The Hall–Kier alpha value is -3.66. The summed E-state index contributed by atoms with van der Waals surface area (Å²) < 4.78 is 6.77. The maximum atomic E-state index is 12.8. The van der Waals surface area contributed by atoms with Crippen LogP contribution in [0.4, 0.5) is 10.5 Å². The molecule has 4 rings (SSSR count). The van der Waals surface area contributed by atoms with Crippen LogP contribution in [-0.4, -0.2) is 29.3 Å². The van der Waals surface area contributed by atoms with Crippen LogP contribution in [-0.2, 0) is 22.6 Å². The van der Waals surface area contributed by atoms with Crippen LogP contribution in [0.1, 0.15) is 23.6 Å². The fraction of sp³-hybridized carbons (Fsp3) is 0.148. The number of benzene rings is 3. The van der Waals surface area contributed by atoms with Crippen LogP contribution >= 0.6 is 22.6 Å². The average Bonchev–Trinajstić information content (AvgIpc) is 3.11. The zero-order valence-electron chi connectivity index (χ0n) is 19.1. The summed E-state index contributed by atoms with van der Waals surface area (Å²) >= 11 is 2.17. The van der Waals surface area contributed by atoms with Gasteiger partial charge < -0.3 is 15.4 Å². The Morgan fingerprint density at radius 3 is 2.54 bits per heavy atom. The molecule has 0 aromatic heterocycles. The number of nitrogens with zero attached hydrogens (tertiary/aromatic N) is 1. The minimum atomic E-state index is -0.627. The molecule has 0 atom stereocenters. The average molecular weight is 581 g/mol. The number of para-hydroxylation sites is 1. The monoisotopic (exact) mass is 581 g/mol. The summed E-state index contributed by atoms with van der Waals surface area (Å²) in [6.45, 7) is 2.07. The Bertz CT molecular complexity index is 1290. The third-order valence-electron chi connectivity index (χ3n) is 5.44. The number of carbonyl (C=O) groups is 3. The molecule has 178 valence electrons. The van der Waals surface area contributed by atoms with E-state index in [1.54, 1.807) is 12.1 Å². The lowest BCUT2D eigenvalue weighted by atomic mass is 10.1. The van der Waals surface area contributed by atoms with Gasteiger partial charge in [-0.3, -0.25) is 9.59 Å². The zero-order valence-corrected chi connectivity index (χ0v) is 21.2. The molecule has 1 heterocycles. The molecule has 1 aliphatic rings. The number of ether oxygens (including phenoxy) is 1. The first-order valence-electron chi connectivity index (χ1n) is 11.1. The van der Waals surface area contributed by atoms with E-state index in [1.165, 1.54) is 0 Å². The van der Waals surface area contributed by atoms with Crippen LogP contribution in [0.25, 0.3) is 6.08 Å². The van der Waals surface area contributed by atoms with E-state index in [0.29, 0.717) is 12.3 Å². The van der Waals surface area contributed by atoms with Crippen molar-refractivity contribution in [2.24, 2.45) is 0 Å². The van der Waals surface area contributed by atoms with E-state index in [9.17, 15) is 14.4 Å². The molecule has 1 saturated heterocycles. The Morgan fingerprint density at radius 2 is 1.80 bits per heavy atom. The summed E-state index contributed by atoms with van der Waals surface area (Å²) in [5.41, 5.74) is 3.56. The van der Waals surface area contributed by atoms with Gasteiger partial charge in [-0.2, -0.15) is 0 Å². The predicted octanol–water partition coefficient (Wildman–Crippen LogP) is 4.96. The molecule has 0 bridgehead atoms. The fourth-order valence-electron chi connectivity index (χ4n) is 3.63. The van der Waals surface area contributed by atoms with Crippen molar-refractivity contribution in [3.63, 3.8) is 0 Å². The number of nitrogens with one attached hydrogen (secondary N) is 2. The third-order valence-corrected chi connectivity index (χ3v) is 6.28. The number of aryl methyl sites for hydroxylation is 1. The topological polar surface area (TPSA) is 87.7 Å². The molecular weight excluding hydrogens is 557 g/mol. The summed E-state index contributed by atoms with van der Waals surface area (Å²) in [6.07, 6.45) is 2.34. The first-order chi connectivity index (χ1) is 16.9. The molecule has 0 saturated carbocycles. The van der Waals surface area contributed by atoms with E-state index in [-0.39, 0.29) is 12.2 Å². The molecule has 35 heavy (non-hydrogen) atoms. The highest BCUT2D eigenvalue weighted by molar-refractivity contribution is 14.1. The van der Waals surface area contributed by atoms with Crippen molar-refractivity contribution in [2.45, 2.75) is 20.0 Å². The number of amides is 4. The standard InChI is InChI=1S/C27H24IN3O4/c1-2-20-10-6-7-11-22(20)29-25(32)16-31-26(33)23(30-27(31)34)15-19-12-13-24(21(28)14-19)35-17-18-8-4-3-5-9-18/h3-15H,2,16-17H2,1H3,(H,29,32)(H,30,34)/b23-15+. The van der Waals surface area contributed by atoms with Crippen molar-refractivity contribution in [1.29, 1.82) is 0 Å². The minimum Gasteiger partial charge on any atom is -0.488 e. The van der Waals surface area contributed by atoms with Gasteiger partial charge in [0.05, 0.1) is 3.57 Å². The lowest BCUT2D eigenvalue weighted by Gasteiger charge is -2.13. The zero-order chi connectivity index (χ0) is 24.8. The van der Waals surface area contributed by atoms with Crippen LogP contribution in [0.2, 0.25) is 0 Å². The van der Waals surface area contributed by atoms with Crippen LogP contribution in [0.5, 0.6) is 5.75 Å². The number of rotatable bonds is 8. The molecule has 8 heteroatoms. The van der Waals surface area contributed by atoms with Crippen molar-refractivity contribution >= 4 is 52.2 Å². The quantitative estimate of drug-likeness (QED) is 0.224. The molecule has 4 amide bonds. The van der Waals surface area contributed by atoms with Crippen LogP contribution in [0.3, 0.4) is 0 Å². The first kappa shape index (κ1) is 24.5. The maximum absolute atomic E-state index is 12.8. The van der Waals surface area contributed by atoms with E-state index in [1.807, 2.05) is 73.7 Å². The second kappa shape index (κ2) is 11.2. The highest BCUT2D eigenvalue weighted by atomic mass is 127. The number of carbonyl (C=O) groups excluding carboxylic acids is 3. The van der Waals surface area contributed by atoms with Crippen molar-refractivity contribution < 1.29 is 19.1 Å². The normalized spacial score (nSPS) is 14.2.